The highest BCUT2D eigenvalue weighted by Crippen LogP contribution is 2.17. The van der Waals surface area contributed by atoms with Crippen LogP contribution in [0.3, 0.4) is 0 Å². The van der Waals surface area contributed by atoms with Crippen molar-refractivity contribution in [3.63, 3.8) is 0 Å². The van der Waals surface area contributed by atoms with Gasteiger partial charge in [0.15, 0.2) is 0 Å². The number of nitrogens with zero attached hydrogens (tertiary/aromatic N) is 1. The molecule has 0 bridgehead atoms. The number of aromatic nitrogens is 1. The molecule has 0 spiro atoms. The van der Waals surface area contributed by atoms with Crippen molar-refractivity contribution < 1.29 is 14.3 Å². The number of ether oxygens (including phenoxy) is 2. The predicted molar refractivity (Wildman–Crippen MR) is 70.2 cm³/mol. The van der Waals surface area contributed by atoms with E-state index in [0.29, 0.717) is 19.1 Å². The Kier molecular flexibility index (Phi) is 6.39. The molecule has 6 heteroatoms. The zero-order chi connectivity index (χ0) is 13.5. The minimum Gasteiger partial charge on any atom is -0.460 e. The van der Waals surface area contributed by atoms with Crippen LogP contribution in [0.4, 0.5) is 0 Å². The normalized spacial score (nSPS) is 10.7. The molecule has 0 aliphatic carbocycles. The van der Waals surface area contributed by atoms with Gasteiger partial charge in [0, 0.05) is 6.61 Å². The lowest BCUT2D eigenvalue weighted by Crippen LogP contribution is -2.13. The maximum Gasteiger partial charge on any atom is 0.341 e. The minimum absolute atomic E-state index is 0.0376. The van der Waals surface area contributed by atoms with Crippen LogP contribution in [0.2, 0.25) is 10.3 Å². The summed E-state index contributed by atoms with van der Waals surface area (Å²) in [6.45, 7) is 5.28. The molecule has 1 heterocycles. The third kappa shape index (κ3) is 5.21. The summed E-state index contributed by atoms with van der Waals surface area (Å²) in [6.07, 6.45) is 0. The first-order valence-corrected chi connectivity index (χ1v) is 6.33. The van der Waals surface area contributed by atoms with Crippen molar-refractivity contribution in [3.8, 4) is 0 Å². The summed E-state index contributed by atoms with van der Waals surface area (Å²) >= 11 is 11.4. The molecule has 0 fully saturated rings. The van der Waals surface area contributed by atoms with Crippen molar-refractivity contribution in [1.82, 2.24) is 4.98 Å². The predicted octanol–water partition coefficient (Wildman–Crippen LogP) is 3.22. The van der Waals surface area contributed by atoms with Crippen molar-refractivity contribution in [3.05, 3.63) is 28.0 Å². The van der Waals surface area contributed by atoms with Gasteiger partial charge >= 0.3 is 5.97 Å². The molecule has 0 aliphatic heterocycles. The smallest absolute Gasteiger partial charge is 0.341 e. The first kappa shape index (κ1) is 15.2. The van der Waals surface area contributed by atoms with Crippen molar-refractivity contribution in [2.24, 2.45) is 5.92 Å². The molecule has 0 saturated carbocycles. The lowest BCUT2D eigenvalue weighted by Gasteiger charge is -2.08. The summed E-state index contributed by atoms with van der Waals surface area (Å²) in [7, 11) is 0. The molecule has 1 aromatic rings. The largest absolute Gasteiger partial charge is 0.460 e. The highest BCUT2D eigenvalue weighted by atomic mass is 35.5. The van der Waals surface area contributed by atoms with Crippen molar-refractivity contribution in [1.29, 1.82) is 0 Å². The van der Waals surface area contributed by atoms with Crippen LogP contribution in [0.15, 0.2) is 12.1 Å². The lowest BCUT2D eigenvalue weighted by atomic mass is 10.2. The second-order valence-electron chi connectivity index (χ2n) is 4.08. The summed E-state index contributed by atoms with van der Waals surface area (Å²) in [5.41, 5.74) is 0.199. The van der Waals surface area contributed by atoms with Gasteiger partial charge in [-0.2, -0.15) is 0 Å². The number of hydrogen-bond donors (Lipinski definition) is 0. The van der Waals surface area contributed by atoms with Crippen LogP contribution in [0.5, 0.6) is 0 Å². The summed E-state index contributed by atoms with van der Waals surface area (Å²) in [5.74, 6) is -0.0760. The fourth-order valence-corrected chi connectivity index (χ4v) is 1.58. The summed E-state index contributed by atoms with van der Waals surface area (Å²) in [6, 6.07) is 2.97. The number of carbonyl (C=O) groups excluding carboxylic acids is 1. The Morgan fingerprint density at radius 2 is 2.06 bits per heavy atom. The van der Waals surface area contributed by atoms with E-state index in [4.69, 9.17) is 32.7 Å². The Morgan fingerprint density at radius 1 is 1.33 bits per heavy atom. The van der Waals surface area contributed by atoms with Crippen molar-refractivity contribution >= 4 is 29.2 Å². The van der Waals surface area contributed by atoms with Crippen LogP contribution in [0.1, 0.15) is 24.2 Å². The number of pyridine rings is 1. The molecule has 1 rings (SSSR count). The number of rotatable bonds is 6. The third-order valence-electron chi connectivity index (χ3n) is 1.95. The first-order chi connectivity index (χ1) is 8.50. The summed E-state index contributed by atoms with van der Waals surface area (Å²) in [4.78, 5) is 15.4. The Labute approximate surface area is 116 Å². The first-order valence-electron chi connectivity index (χ1n) is 5.57. The van der Waals surface area contributed by atoms with Crippen LogP contribution in [0.25, 0.3) is 0 Å². The Morgan fingerprint density at radius 3 is 2.67 bits per heavy atom. The van der Waals surface area contributed by atoms with Crippen LogP contribution >= 0.6 is 23.2 Å². The summed E-state index contributed by atoms with van der Waals surface area (Å²) in [5, 5.41) is 0.271. The fraction of sp³-hybridized carbons (Fsp3) is 0.500. The fourth-order valence-electron chi connectivity index (χ4n) is 1.15. The van der Waals surface area contributed by atoms with E-state index in [9.17, 15) is 4.79 Å². The number of hydrogen-bond acceptors (Lipinski definition) is 4. The topological polar surface area (TPSA) is 48.4 Å². The van der Waals surface area contributed by atoms with Gasteiger partial charge < -0.3 is 9.47 Å². The van der Waals surface area contributed by atoms with Gasteiger partial charge in [-0.3, -0.25) is 0 Å². The maximum atomic E-state index is 11.6. The van der Waals surface area contributed by atoms with Gasteiger partial charge in [0.2, 0.25) is 0 Å². The third-order valence-corrected chi connectivity index (χ3v) is 2.45. The molecule has 0 aromatic carbocycles. The average molecular weight is 292 g/mol. The monoisotopic (exact) mass is 291 g/mol. The molecule has 0 unspecified atom stereocenters. The van der Waals surface area contributed by atoms with E-state index >= 15 is 0 Å². The van der Waals surface area contributed by atoms with Gasteiger partial charge in [-0.25, -0.2) is 9.78 Å². The lowest BCUT2D eigenvalue weighted by molar-refractivity contribution is 0.0277. The maximum absolute atomic E-state index is 11.6. The van der Waals surface area contributed by atoms with Gasteiger partial charge in [-0.05, 0) is 18.1 Å². The quantitative estimate of drug-likeness (QED) is 0.459. The molecular formula is C12H15Cl2NO3. The summed E-state index contributed by atoms with van der Waals surface area (Å²) < 4.78 is 10.3. The second-order valence-corrected chi connectivity index (χ2v) is 4.82. The van der Waals surface area contributed by atoms with Crippen LogP contribution in [-0.4, -0.2) is 30.8 Å². The molecule has 4 nitrogen and oxygen atoms in total. The molecule has 0 radical (unpaired) electrons. The molecule has 0 amide bonds. The Hall–Kier alpha value is -0.840. The van der Waals surface area contributed by atoms with Crippen molar-refractivity contribution in [2.45, 2.75) is 13.8 Å². The molecule has 0 aliphatic rings. The van der Waals surface area contributed by atoms with Crippen LogP contribution < -0.4 is 0 Å². The van der Waals surface area contributed by atoms with Crippen molar-refractivity contribution in [2.75, 3.05) is 19.8 Å². The number of halogens is 2. The standard InChI is InChI=1S/C12H15Cl2NO3/c1-8(2)7-17-5-6-18-12(16)9-3-4-10(13)15-11(9)14/h3-4,8H,5-7H2,1-2H3. The molecule has 1 aromatic heterocycles. The van der Waals surface area contributed by atoms with E-state index in [1.54, 1.807) is 0 Å². The number of carbonyl (C=O) groups is 1. The average Bonchev–Trinajstić information content (AvgIpc) is 2.27. The van der Waals surface area contributed by atoms with Gasteiger partial charge in [0.1, 0.15) is 16.9 Å². The zero-order valence-electron chi connectivity index (χ0n) is 10.3. The van der Waals surface area contributed by atoms with E-state index < -0.39 is 5.97 Å². The molecule has 0 atom stereocenters. The molecular weight excluding hydrogens is 277 g/mol. The zero-order valence-corrected chi connectivity index (χ0v) is 11.8. The van der Waals surface area contributed by atoms with E-state index in [-0.39, 0.29) is 22.5 Å². The minimum atomic E-state index is -0.530. The van der Waals surface area contributed by atoms with Gasteiger partial charge in [0.05, 0.1) is 12.2 Å². The van der Waals surface area contributed by atoms with Gasteiger partial charge in [0.25, 0.3) is 0 Å². The number of esters is 1. The van der Waals surface area contributed by atoms with E-state index in [0.717, 1.165) is 0 Å². The Bertz CT molecular complexity index is 410. The van der Waals surface area contributed by atoms with E-state index in [1.807, 2.05) is 13.8 Å². The Balaban J connectivity index is 2.36. The second kappa shape index (κ2) is 7.56. The highest BCUT2D eigenvalue weighted by molar-refractivity contribution is 6.34. The van der Waals surface area contributed by atoms with Crippen LogP contribution in [0, 0.1) is 5.92 Å². The molecule has 0 N–H and O–H groups in total. The van der Waals surface area contributed by atoms with Crippen LogP contribution in [-0.2, 0) is 9.47 Å². The molecule has 0 saturated heterocycles. The van der Waals surface area contributed by atoms with E-state index in [2.05, 4.69) is 4.98 Å². The molecule has 18 heavy (non-hydrogen) atoms. The van der Waals surface area contributed by atoms with E-state index in [1.165, 1.54) is 12.1 Å². The van der Waals surface area contributed by atoms with Gasteiger partial charge in [-0.15, -0.1) is 0 Å². The SMILES string of the molecule is CC(C)COCCOC(=O)c1ccc(Cl)nc1Cl. The van der Waals surface area contributed by atoms with Gasteiger partial charge in [-0.1, -0.05) is 37.0 Å². The highest BCUT2D eigenvalue weighted by Gasteiger charge is 2.13. The molecule has 100 valence electrons.